The standard InChI is InChI=1S/C13H23O2P/c1-10(2)6-5-7-11(3)8-9-13(15-16)12(4)14/h8,13H,1,5-7,9,16H2,2-4H3/b11-8-/t13-/m0/s1. The number of rotatable bonds is 8. The Balaban J connectivity index is 3.93. The molecule has 16 heavy (non-hydrogen) atoms. The first-order valence-corrected chi connectivity index (χ1v) is 6.10. The van der Waals surface area contributed by atoms with Crippen LogP contribution in [0.25, 0.3) is 0 Å². The lowest BCUT2D eigenvalue weighted by atomic mass is 10.0. The number of Topliss-reactive ketones (excluding diaryl/α,β-unsaturated/α-hetero) is 1. The van der Waals surface area contributed by atoms with Crippen molar-refractivity contribution in [2.24, 2.45) is 0 Å². The maximum atomic E-state index is 11.1. The molecule has 0 heterocycles. The van der Waals surface area contributed by atoms with E-state index in [2.05, 4.69) is 29.0 Å². The molecule has 0 saturated heterocycles. The van der Waals surface area contributed by atoms with Gasteiger partial charge < -0.3 is 4.52 Å². The Morgan fingerprint density at radius 1 is 1.38 bits per heavy atom. The fraction of sp³-hybridized carbons (Fsp3) is 0.615. The van der Waals surface area contributed by atoms with E-state index in [1.807, 2.05) is 6.92 Å². The average Bonchev–Trinajstić information content (AvgIpc) is 2.17. The van der Waals surface area contributed by atoms with Gasteiger partial charge in [0.25, 0.3) is 0 Å². The van der Waals surface area contributed by atoms with E-state index in [0.717, 1.165) is 19.3 Å². The predicted octanol–water partition coefficient (Wildman–Crippen LogP) is 3.83. The minimum Gasteiger partial charge on any atom is -0.354 e. The first-order valence-electron chi connectivity index (χ1n) is 5.63. The zero-order valence-electron chi connectivity index (χ0n) is 10.6. The van der Waals surface area contributed by atoms with Gasteiger partial charge in [-0.2, -0.15) is 0 Å². The van der Waals surface area contributed by atoms with E-state index in [-0.39, 0.29) is 11.9 Å². The maximum Gasteiger partial charge on any atom is 0.159 e. The number of carbonyl (C=O) groups excluding carboxylic acids is 1. The van der Waals surface area contributed by atoms with Crippen LogP contribution in [0.4, 0.5) is 0 Å². The molecule has 0 amide bonds. The van der Waals surface area contributed by atoms with Gasteiger partial charge in [0.1, 0.15) is 6.10 Å². The summed E-state index contributed by atoms with van der Waals surface area (Å²) in [7, 11) is 2.16. The fourth-order valence-electron chi connectivity index (χ4n) is 1.40. The van der Waals surface area contributed by atoms with Crippen molar-refractivity contribution >= 4 is 15.2 Å². The monoisotopic (exact) mass is 242 g/mol. The molecule has 0 aromatic rings. The van der Waals surface area contributed by atoms with Gasteiger partial charge in [0.2, 0.25) is 0 Å². The van der Waals surface area contributed by atoms with Crippen LogP contribution in [0.2, 0.25) is 0 Å². The Labute approximate surface area is 101 Å². The molecule has 92 valence electrons. The lowest BCUT2D eigenvalue weighted by molar-refractivity contribution is -0.123. The van der Waals surface area contributed by atoms with E-state index in [4.69, 9.17) is 4.52 Å². The van der Waals surface area contributed by atoms with E-state index < -0.39 is 0 Å². The van der Waals surface area contributed by atoms with Crippen LogP contribution >= 0.6 is 9.47 Å². The molecule has 0 radical (unpaired) electrons. The summed E-state index contributed by atoms with van der Waals surface area (Å²) in [6.07, 6.45) is 5.70. The fourth-order valence-corrected chi connectivity index (χ4v) is 1.70. The summed E-state index contributed by atoms with van der Waals surface area (Å²) in [6, 6.07) is 0. The predicted molar refractivity (Wildman–Crippen MR) is 72.3 cm³/mol. The van der Waals surface area contributed by atoms with E-state index in [1.165, 1.54) is 11.1 Å². The molecule has 0 saturated carbocycles. The van der Waals surface area contributed by atoms with Crippen molar-refractivity contribution in [2.45, 2.75) is 52.6 Å². The normalized spacial score (nSPS) is 13.6. The number of ketones is 1. The van der Waals surface area contributed by atoms with Crippen LogP contribution < -0.4 is 0 Å². The molecule has 0 bridgehead atoms. The molecular weight excluding hydrogens is 219 g/mol. The van der Waals surface area contributed by atoms with Crippen molar-refractivity contribution in [3.05, 3.63) is 23.8 Å². The number of allylic oxidation sites excluding steroid dienone is 2. The van der Waals surface area contributed by atoms with Crippen molar-refractivity contribution in [3.63, 3.8) is 0 Å². The highest BCUT2D eigenvalue weighted by atomic mass is 31.0. The minimum absolute atomic E-state index is 0.0704. The lowest BCUT2D eigenvalue weighted by Crippen LogP contribution is -2.16. The third kappa shape index (κ3) is 7.78. The molecule has 0 spiro atoms. The second-order valence-corrected chi connectivity index (χ2v) is 4.60. The van der Waals surface area contributed by atoms with Crippen molar-refractivity contribution in [1.29, 1.82) is 0 Å². The number of hydrogen-bond donors (Lipinski definition) is 0. The van der Waals surface area contributed by atoms with E-state index >= 15 is 0 Å². The Morgan fingerprint density at radius 2 is 2.00 bits per heavy atom. The summed E-state index contributed by atoms with van der Waals surface area (Å²) in [5.74, 6) is 0.0704. The number of hydrogen-bond acceptors (Lipinski definition) is 2. The third-order valence-electron chi connectivity index (χ3n) is 2.47. The minimum atomic E-state index is -0.318. The zero-order valence-corrected chi connectivity index (χ0v) is 11.7. The van der Waals surface area contributed by atoms with Crippen LogP contribution in [0, 0.1) is 0 Å². The van der Waals surface area contributed by atoms with Gasteiger partial charge >= 0.3 is 0 Å². The molecule has 3 heteroatoms. The largest absolute Gasteiger partial charge is 0.354 e. The van der Waals surface area contributed by atoms with Crippen molar-refractivity contribution in [3.8, 4) is 0 Å². The van der Waals surface area contributed by atoms with Crippen molar-refractivity contribution < 1.29 is 9.32 Å². The Kier molecular flexibility index (Phi) is 8.42. The molecular formula is C13H23O2P. The summed E-state index contributed by atoms with van der Waals surface area (Å²) in [5.41, 5.74) is 2.54. The van der Waals surface area contributed by atoms with Crippen LogP contribution in [0.5, 0.6) is 0 Å². The molecule has 0 aliphatic carbocycles. The molecule has 0 aromatic carbocycles. The summed E-state index contributed by atoms with van der Waals surface area (Å²) in [6.45, 7) is 9.57. The maximum absolute atomic E-state index is 11.1. The molecule has 2 atom stereocenters. The van der Waals surface area contributed by atoms with Crippen LogP contribution in [0.15, 0.2) is 23.8 Å². The van der Waals surface area contributed by atoms with Gasteiger partial charge in [0.05, 0.1) is 0 Å². The second kappa shape index (κ2) is 8.66. The topological polar surface area (TPSA) is 26.3 Å². The molecule has 1 unspecified atom stereocenters. The van der Waals surface area contributed by atoms with Gasteiger partial charge in [-0.05, 0) is 46.5 Å². The van der Waals surface area contributed by atoms with Gasteiger partial charge in [-0.25, -0.2) is 0 Å². The van der Waals surface area contributed by atoms with E-state index in [0.29, 0.717) is 6.42 Å². The second-order valence-electron chi connectivity index (χ2n) is 4.33. The average molecular weight is 242 g/mol. The highest BCUT2D eigenvalue weighted by molar-refractivity contribution is 7.09. The van der Waals surface area contributed by atoms with Crippen LogP contribution in [0.3, 0.4) is 0 Å². The molecule has 0 fully saturated rings. The SMILES string of the molecule is C=C(C)CCC/C(C)=C\C[C@H](OP)C(C)=O. The van der Waals surface area contributed by atoms with Crippen molar-refractivity contribution in [1.82, 2.24) is 0 Å². The molecule has 0 N–H and O–H groups in total. The summed E-state index contributed by atoms with van der Waals surface area (Å²) >= 11 is 0. The summed E-state index contributed by atoms with van der Waals surface area (Å²) < 4.78 is 5.01. The van der Waals surface area contributed by atoms with Crippen LogP contribution in [0.1, 0.15) is 46.5 Å². The van der Waals surface area contributed by atoms with Gasteiger partial charge in [-0.1, -0.05) is 17.2 Å². The molecule has 2 nitrogen and oxygen atoms in total. The number of carbonyl (C=O) groups is 1. The van der Waals surface area contributed by atoms with Gasteiger partial charge in [0, 0.05) is 9.47 Å². The molecule has 0 aliphatic heterocycles. The Bertz CT molecular complexity index is 269. The quantitative estimate of drug-likeness (QED) is 0.477. The van der Waals surface area contributed by atoms with Gasteiger partial charge in [0.15, 0.2) is 5.78 Å². The van der Waals surface area contributed by atoms with Gasteiger partial charge in [-0.15, -0.1) is 6.58 Å². The lowest BCUT2D eigenvalue weighted by Gasteiger charge is -2.09. The van der Waals surface area contributed by atoms with E-state index in [9.17, 15) is 4.79 Å². The van der Waals surface area contributed by atoms with E-state index in [1.54, 1.807) is 6.92 Å². The molecule has 0 aromatic heterocycles. The summed E-state index contributed by atoms with van der Waals surface area (Å²) in [4.78, 5) is 11.1. The third-order valence-corrected chi connectivity index (χ3v) is 2.80. The summed E-state index contributed by atoms with van der Waals surface area (Å²) in [5, 5.41) is 0. The zero-order chi connectivity index (χ0) is 12.6. The molecule has 0 rings (SSSR count). The van der Waals surface area contributed by atoms with Gasteiger partial charge in [-0.3, -0.25) is 4.79 Å². The molecule has 0 aliphatic rings. The highest BCUT2D eigenvalue weighted by Crippen LogP contribution is 2.13. The Hall–Kier alpha value is -0.460. The van der Waals surface area contributed by atoms with Crippen molar-refractivity contribution in [2.75, 3.05) is 0 Å². The van der Waals surface area contributed by atoms with Crippen LogP contribution in [-0.2, 0) is 9.32 Å². The first kappa shape index (κ1) is 15.5. The smallest absolute Gasteiger partial charge is 0.159 e. The highest BCUT2D eigenvalue weighted by Gasteiger charge is 2.10. The Morgan fingerprint density at radius 3 is 2.44 bits per heavy atom. The van der Waals surface area contributed by atoms with Crippen LogP contribution in [-0.4, -0.2) is 11.9 Å². The first-order chi connectivity index (χ1) is 7.47.